The van der Waals surface area contributed by atoms with E-state index in [4.69, 9.17) is 0 Å². The van der Waals surface area contributed by atoms with Crippen molar-refractivity contribution in [1.29, 1.82) is 0 Å². The van der Waals surface area contributed by atoms with Gasteiger partial charge in [-0.05, 0) is 50.2 Å². The van der Waals surface area contributed by atoms with Gasteiger partial charge in [-0.25, -0.2) is 9.97 Å². The maximum absolute atomic E-state index is 4.68. The molecule has 0 radical (unpaired) electrons. The zero-order valence-corrected chi connectivity index (χ0v) is 15.9. The van der Waals surface area contributed by atoms with E-state index in [1.54, 1.807) is 18.6 Å². The predicted octanol–water partition coefficient (Wildman–Crippen LogP) is 3.88. The van der Waals surface area contributed by atoms with Gasteiger partial charge in [0, 0.05) is 66.1 Å². The van der Waals surface area contributed by atoms with Gasteiger partial charge < -0.3 is 9.88 Å². The minimum atomic E-state index is 0.128. The van der Waals surface area contributed by atoms with E-state index in [9.17, 15) is 0 Å². The molecule has 4 heterocycles. The molecule has 0 spiro atoms. The van der Waals surface area contributed by atoms with Crippen LogP contribution in [-0.4, -0.2) is 24.5 Å². The number of hydrogen-bond donors (Lipinski definition) is 1. The van der Waals surface area contributed by atoms with E-state index in [0.717, 1.165) is 34.9 Å². The van der Waals surface area contributed by atoms with Crippen LogP contribution in [0.15, 0.2) is 73.6 Å². The fraction of sp³-hybridized carbons (Fsp3) is 0.182. The van der Waals surface area contributed by atoms with Crippen LogP contribution in [-0.2, 0) is 6.54 Å². The van der Waals surface area contributed by atoms with E-state index in [1.165, 1.54) is 5.69 Å². The first-order valence-corrected chi connectivity index (χ1v) is 9.26. The molecule has 0 aliphatic rings. The van der Waals surface area contributed by atoms with Gasteiger partial charge in [0.05, 0.1) is 11.9 Å². The van der Waals surface area contributed by atoms with Crippen molar-refractivity contribution in [1.82, 2.24) is 29.8 Å². The average Bonchev–Trinajstić information content (AvgIpc) is 3.22. The molecule has 0 bridgehead atoms. The summed E-state index contributed by atoms with van der Waals surface area (Å²) in [5, 5.41) is 3.58. The van der Waals surface area contributed by atoms with Crippen LogP contribution in [0.2, 0.25) is 0 Å². The summed E-state index contributed by atoms with van der Waals surface area (Å²) in [6, 6.07) is 12.1. The molecule has 28 heavy (non-hydrogen) atoms. The standard InChI is InChI=1S/C22H22N6/c1-16(21-15-26-22(27-17(21)2)18-7-10-23-11-8-18)25-14-20-6-4-12-28(20)19-5-3-9-24-13-19/h3-13,15-16,25H,14H2,1-2H3/t16-/m1/s1. The molecule has 0 saturated carbocycles. The second-order valence-corrected chi connectivity index (χ2v) is 6.65. The van der Waals surface area contributed by atoms with Crippen molar-refractivity contribution in [2.24, 2.45) is 0 Å². The zero-order chi connectivity index (χ0) is 19.3. The van der Waals surface area contributed by atoms with Gasteiger partial charge in [-0.1, -0.05) is 0 Å². The molecule has 1 N–H and O–H groups in total. The third kappa shape index (κ3) is 3.82. The molecule has 0 aliphatic heterocycles. The molecule has 1 atom stereocenters. The van der Waals surface area contributed by atoms with Crippen molar-refractivity contribution in [2.75, 3.05) is 0 Å². The van der Waals surface area contributed by atoms with Crippen LogP contribution in [0.4, 0.5) is 0 Å². The number of pyridine rings is 2. The normalized spacial score (nSPS) is 12.1. The van der Waals surface area contributed by atoms with E-state index >= 15 is 0 Å². The first-order valence-electron chi connectivity index (χ1n) is 9.26. The van der Waals surface area contributed by atoms with Crippen LogP contribution >= 0.6 is 0 Å². The lowest BCUT2D eigenvalue weighted by Crippen LogP contribution is -2.21. The number of aromatic nitrogens is 5. The quantitative estimate of drug-likeness (QED) is 0.558. The molecule has 0 aliphatic carbocycles. The molecular formula is C22H22N6. The van der Waals surface area contributed by atoms with Crippen LogP contribution in [0.25, 0.3) is 17.1 Å². The summed E-state index contributed by atoms with van der Waals surface area (Å²) in [6.07, 6.45) is 11.1. The van der Waals surface area contributed by atoms with Crippen LogP contribution in [0.1, 0.15) is 29.9 Å². The minimum Gasteiger partial charge on any atom is -0.318 e. The molecule has 4 rings (SSSR count). The van der Waals surface area contributed by atoms with Crippen LogP contribution < -0.4 is 5.32 Å². The molecule has 4 aromatic rings. The fourth-order valence-electron chi connectivity index (χ4n) is 3.22. The third-order valence-corrected chi connectivity index (χ3v) is 4.77. The maximum atomic E-state index is 4.68. The highest BCUT2D eigenvalue weighted by Gasteiger charge is 2.13. The summed E-state index contributed by atoms with van der Waals surface area (Å²) < 4.78 is 2.14. The van der Waals surface area contributed by atoms with Crippen molar-refractivity contribution < 1.29 is 0 Å². The van der Waals surface area contributed by atoms with Gasteiger partial charge in [-0.15, -0.1) is 0 Å². The van der Waals surface area contributed by atoms with E-state index in [2.05, 4.69) is 55.1 Å². The molecule has 0 fully saturated rings. The Morgan fingerprint density at radius 2 is 1.86 bits per heavy atom. The van der Waals surface area contributed by atoms with Crippen molar-refractivity contribution >= 4 is 0 Å². The zero-order valence-electron chi connectivity index (χ0n) is 15.9. The first kappa shape index (κ1) is 18.0. The Labute approximate surface area is 164 Å². The van der Waals surface area contributed by atoms with E-state index in [1.807, 2.05) is 43.6 Å². The second-order valence-electron chi connectivity index (χ2n) is 6.65. The summed E-state index contributed by atoms with van der Waals surface area (Å²) in [5.74, 6) is 0.723. The highest BCUT2D eigenvalue weighted by Crippen LogP contribution is 2.20. The number of nitrogens with zero attached hydrogens (tertiary/aromatic N) is 5. The number of rotatable bonds is 6. The van der Waals surface area contributed by atoms with Gasteiger partial charge in [0.15, 0.2) is 5.82 Å². The summed E-state index contributed by atoms with van der Waals surface area (Å²) >= 11 is 0. The molecule has 0 saturated heterocycles. The Balaban J connectivity index is 1.48. The predicted molar refractivity (Wildman–Crippen MR) is 109 cm³/mol. The molecular weight excluding hydrogens is 348 g/mol. The fourth-order valence-corrected chi connectivity index (χ4v) is 3.22. The van der Waals surface area contributed by atoms with Gasteiger partial charge >= 0.3 is 0 Å². The van der Waals surface area contributed by atoms with Gasteiger partial charge in [-0.2, -0.15) is 0 Å². The summed E-state index contributed by atoms with van der Waals surface area (Å²) in [6.45, 7) is 4.89. The Kier molecular flexibility index (Phi) is 5.21. The van der Waals surface area contributed by atoms with Gasteiger partial charge in [0.25, 0.3) is 0 Å². The second kappa shape index (κ2) is 8.10. The Bertz CT molecular complexity index is 1040. The van der Waals surface area contributed by atoms with Crippen molar-refractivity contribution in [3.05, 3.63) is 90.5 Å². The van der Waals surface area contributed by atoms with Gasteiger partial charge in [-0.3, -0.25) is 9.97 Å². The molecule has 4 aromatic heterocycles. The van der Waals surface area contributed by atoms with Gasteiger partial charge in [0.1, 0.15) is 0 Å². The van der Waals surface area contributed by atoms with E-state index in [0.29, 0.717) is 0 Å². The molecule has 140 valence electrons. The molecule has 0 aromatic carbocycles. The van der Waals surface area contributed by atoms with Crippen LogP contribution in [0.5, 0.6) is 0 Å². The Morgan fingerprint density at radius 1 is 1.00 bits per heavy atom. The number of hydrogen-bond acceptors (Lipinski definition) is 5. The van der Waals surface area contributed by atoms with Crippen LogP contribution in [0, 0.1) is 6.92 Å². The SMILES string of the molecule is Cc1nc(-c2ccncc2)ncc1[C@@H](C)NCc1cccn1-c1cccnc1. The monoisotopic (exact) mass is 370 g/mol. The summed E-state index contributed by atoms with van der Waals surface area (Å²) in [4.78, 5) is 17.5. The van der Waals surface area contributed by atoms with Crippen molar-refractivity contribution in [2.45, 2.75) is 26.4 Å². The van der Waals surface area contributed by atoms with E-state index < -0.39 is 0 Å². The number of nitrogens with one attached hydrogen (secondary N) is 1. The summed E-state index contributed by atoms with van der Waals surface area (Å²) in [5.41, 5.74) is 5.27. The smallest absolute Gasteiger partial charge is 0.159 e. The lowest BCUT2D eigenvalue weighted by atomic mass is 10.1. The maximum Gasteiger partial charge on any atom is 0.159 e. The number of aryl methyl sites for hydroxylation is 1. The summed E-state index contributed by atoms with van der Waals surface area (Å²) in [7, 11) is 0. The minimum absolute atomic E-state index is 0.128. The Hall–Kier alpha value is -3.38. The third-order valence-electron chi connectivity index (χ3n) is 4.77. The lowest BCUT2D eigenvalue weighted by molar-refractivity contribution is 0.557. The highest BCUT2D eigenvalue weighted by molar-refractivity contribution is 5.53. The average molecular weight is 370 g/mol. The molecule has 6 heteroatoms. The van der Waals surface area contributed by atoms with E-state index in [-0.39, 0.29) is 6.04 Å². The highest BCUT2D eigenvalue weighted by atomic mass is 15.0. The molecule has 0 unspecified atom stereocenters. The topological polar surface area (TPSA) is 68.5 Å². The first-order chi connectivity index (χ1) is 13.7. The van der Waals surface area contributed by atoms with Crippen molar-refractivity contribution in [3.63, 3.8) is 0 Å². The van der Waals surface area contributed by atoms with Crippen LogP contribution in [0.3, 0.4) is 0 Å². The molecule has 0 amide bonds. The van der Waals surface area contributed by atoms with Gasteiger partial charge in [0.2, 0.25) is 0 Å². The Morgan fingerprint density at radius 3 is 2.61 bits per heavy atom. The largest absolute Gasteiger partial charge is 0.318 e. The van der Waals surface area contributed by atoms with Crippen molar-refractivity contribution in [3.8, 4) is 17.1 Å². The lowest BCUT2D eigenvalue weighted by Gasteiger charge is -2.17. The molecule has 6 nitrogen and oxygen atoms in total.